The molecule has 1 fully saturated rings. The summed E-state index contributed by atoms with van der Waals surface area (Å²) in [6, 6.07) is 0. The van der Waals surface area contributed by atoms with Gasteiger partial charge in [0.05, 0.1) is 18.2 Å². The van der Waals surface area contributed by atoms with Crippen LogP contribution in [0.15, 0.2) is 0 Å². The smallest absolute Gasteiger partial charge is 0.239 e. The number of carbonyl (C=O) groups is 1. The largest absolute Gasteiger partial charge is 0.379 e. The molecule has 5 nitrogen and oxygen atoms in total. The monoisotopic (exact) mass is 272 g/mol. The second-order valence-electron chi connectivity index (χ2n) is 5.49. The molecule has 0 saturated carbocycles. The number of rotatable bonds is 9. The van der Waals surface area contributed by atoms with E-state index in [2.05, 4.69) is 5.32 Å². The summed E-state index contributed by atoms with van der Waals surface area (Å²) in [6.45, 7) is 6.59. The maximum atomic E-state index is 11.8. The maximum Gasteiger partial charge on any atom is 0.239 e. The van der Waals surface area contributed by atoms with Crippen molar-refractivity contribution in [3.63, 3.8) is 0 Å². The lowest BCUT2D eigenvalue weighted by atomic mass is 9.96. The molecule has 2 unspecified atom stereocenters. The number of amides is 1. The summed E-state index contributed by atoms with van der Waals surface area (Å²) in [5.74, 6) is -0.0755. The molecular weight excluding hydrogens is 244 g/mol. The number of ether oxygens (including phenoxy) is 2. The topological polar surface area (TPSA) is 73.6 Å². The molecule has 0 spiro atoms. The van der Waals surface area contributed by atoms with Crippen LogP contribution in [0, 0.1) is 0 Å². The quantitative estimate of drug-likeness (QED) is 0.619. The van der Waals surface area contributed by atoms with Gasteiger partial charge in [0, 0.05) is 19.8 Å². The van der Waals surface area contributed by atoms with Gasteiger partial charge >= 0.3 is 0 Å². The number of nitrogens with two attached hydrogens (primary N) is 1. The minimum Gasteiger partial charge on any atom is -0.379 e. The Kier molecular flexibility index (Phi) is 7.34. The molecule has 3 N–H and O–H groups in total. The van der Waals surface area contributed by atoms with Gasteiger partial charge in [0.1, 0.15) is 0 Å². The van der Waals surface area contributed by atoms with Crippen molar-refractivity contribution in [2.24, 2.45) is 5.73 Å². The maximum absolute atomic E-state index is 11.8. The van der Waals surface area contributed by atoms with Crippen molar-refractivity contribution in [1.29, 1.82) is 0 Å². The fourth-order valence-electron chi connectivity index (χ4n) is 2.20. The summed E-state index contributed by atoms with van der Waals surface area (Å²) in [6.07, 6.45) is 4.92. The minimum atomic E-state index is -0.757. The second kappa shape index (κ2) is 8.51. The average molecular weight is 272 g/mol. The van der Waals surface area contributed by atoms with E-state index in [-0.39, 0.29) is 12.0 Å². The molecule has 0 aliphatic carbocycles. The molecule has 1 amide bonds. The van der Waals surface area contributed by atoms with Gasteiger partial charge in [-0.2, -0.15) is 0 Å². The molecule has 1 aliphatic rings. The fraction of sp³-hybridized carbons (Fsp3) is 0.929. The van der Waals surface area contributed by atoms with Crippen LogP contribution in [0.4, 0.5) is 0 Å². The molecule has 2 atom stereocenters. The Balaban J connectivity index is 1.99. The van der Waals surface area contributed by atoms with Crippen LogP contribution in [0.5, 0.6) is 0 Å². The normalized spacial score (nSPS) is 22.2. The standard InChI is InChI=1S/C14H28N2O3/c1-3-7-14(2,15)13(17)16-8-5-9-18-11-12-6-4-10-19-12/h12H,3-11,15H2,1-2H3,(H,16,17). The zero-order valence-corrected chi connectivity index (χ0v) is 12.2. The molecule has 0 bridgehead atoms. The van der Waals surface area contributed by atoms with Crippen molar-refractivity contribution < 1.29 is 14.3 Å². The Morgan fingerprint density at radius 1 is 1.58 bits per heavy atom. The molecule has 1 aliphatic heterocycles. The van der Waals surface area contributed by atoms with Gasteiger partial charge < -0.3 is 20.5 Å². The van der Waals surface area contributed by atoms with Crippen molar-refractivity contribution in [2.45, 2.75) is 57.6 Å². The van der Waals surface area contributed by atoms with E-state index in [1.807, 2.05) is 6.92 Å². The van der Waals surface area contributed by atoms with Gasteiger partial charge in [0.15, 0.2) is 0 Å². The van der Waals surface area contributed by atoms with Crippen LogP contribution in [0.25, 0.3) is 0 Å². The van der Waals surface area contributed by atoms with Crippen molar-refractivity contribution in [2.75, 3.05) is 26.4 Å². The Morgan fingerprint density at radius 2 is 2.37 bits per heavy atom. The number of hydrogen-bond acceptors (Lipinski definition) is 4. The van der Waals surface area contributed by atoms with Gasteiger partial charge in [-0.1, -0.05) is 13.3 Å². The summed E-state index contributed by atoms with van der Waals surface area (Å²) < 4.78 is 11.0. The lowest BCUT2D eigenvalue weighted by Gasteiger charge is -2.22. The van der Waals surface area contributed by atoms with Gasteiger partial charge in [0.25, 0.3) is 0 Å². The highest BCUT2D eigenvalue weighted by Gasteiger charge is 2.26. The molecule has 19 heavy (non-hydrogen) atoms. The number of carbonyl (C=O) groups excluding carboxylic acids is 1. The molecule has 5 heteroatoms. The van der Waals surface area contributed by atoms with Crippen molar-refractivity contribution in [1.82, 2.24) is 5.32 Å². The summed E-state index contributed by atoms with van der Waals surface area (Å²) >= 11 is 0. The summed E-state index contributed by atoms with van der Waals surface area (Å²) in [4.78, 5) is 11.8. The molecule has 0 radical (unpaired) electrons. The first-order valence-electron chi connectivity index (χ1n) is 7.33. The Labute approximate surface area is 116 Å². The molecule has 1 saturated heterocycles. The van der Waals surface area contributed by atoms with E-state index in [0.717, 1.165) is 32.3 Å². The minimum absolute atomic E-state index is 0.0755. The first-order valence-corrected chi connectivity index (χ1v) is 7.33. The van der Waals surface area contributed by atoms with Gasteiger partial charge in [0.2, 0.25) is 5.91 Å². The highest BCUT2D eigenvalue weighted by Crippen LogP contribution is 2.12. The molecule has 0 aromatic rings. The van der Waals surface area contributed by atoms with E-state index in [9.17, 15) is 4.79 Å². The molecule has 0 aromatic carbocycles. The van der Waals surface area contributed by atoms with E-state index in [4.69, 9.17) is 15.2 Å². The Bertz CT molecular complexity index is 263. The highest BCUT2D eigenvalue weighted by molar-refractivity contribution is 5.85. The first kappa shape index (κ1) is 16.4. The van der Waals surface area contributed by atoms with Crippen LogP contribution in [-0.4, -0.2) is 43.9 Å². The van der Waals surface area contributed by atoms with Crippen LogP contribution >= 0.6 is 0 Å². The van der Waals surface area contributed by atoms with Gasteiger partial charge in [-0.3, -0.25) is 4.79 Å². The Hall–Kier alpha value is -0.650. The fourth-order valence-corrected chi connectivity index (χ4v) is 2.20. The van der Waals surface area contributed by atoms with Crippen LogP contribution in [-0.2, 0) is 14.3 Å². The summed E-state index contributed by atoms with van der Waals surface area (Å²) in [7, 11) is 0. The molecular formula is C14H28N2O3. The SMILES string of the molecule is CCCC(C)(N)C(=O)NCCCOCC1CCCO1. The summed E-state index contributed by atoms with van der Waals surface area (Å²) in [5.41, 5.74) is 5.18. The van der Waals surface area contributed by atoms with Gasteiger partial charge in [-0.05, 0) is 32.6 Å². The van der Waals surface area contributed by atoms with E-state index in [1.165, 1.54) is 0 Å². The molecule has 112 valence electrons. The van der Waals surface area contributed by atoms with Crippen molar-refractivity contribution in [3.05, 3.63) is 0 Å². The number of hydrogen-bond donors (Lipinski definition) is 2. The molecule has 1 heterocycles. The predicted octanol–water partition coefficient (Wildman–Crippen LogP) is 1.21. The van der Waals surface area contributed by atoms with Gasteiger partial charge in [-0.25, -0.2) is 0 Å². The van der Waals surface area contributed by atoms with Gasteiger partial charge in [-0.15, -0.1) is 0 Å². The second-order valence-corrected chi connectivity index (χ2v) is 5.49. The first-order chi connectivity index (χ1) is 9.06. The molecule has 1 rings (SSSR count). The van der Waals surface area contributed by atoms with E-state index in [0.29, 0.717) is 26.2 Å². The predicted molar refractivity (Wildman–Crippen MR) is 74.9 cm³/mol. The van der Waals surface area contributed by atoms with Crippen LogP contribution in [0.3, 0.4) is 0 Å². The molecule has 0 aromatic heterocycles. The average Bonchev–Trinajstić information content (AvgIpc) is 2.86. The number of nitrogens with one attached hydrogen (secondary N) is 1. The van der Waals surface area contributed by atoms with Crippen LogP contribution in [0.1, 0.15) is 46.0 Å². The third-order valence-corrected chi connectivity index (χ3v) is 3.37. The van der Waals surface area contributed by atoms with Crippen LogP contribution in [0.2, 0.25) is 0 Å². The lowest BCUT2D eigenvalue weighted by Crippen LogP contribution is -2.51. The van der Waals surface area contributed by atoms with Crippen molar-refractivity contribution in [3.8, 4) is 0 Å². The lowest BCUT2D eigenvalue weighted by molar-refractivity contribution is -0.126. The zero-order chi connectivity index (χ0) is 14.1. The highest BCUT2D eigenvalue weighted by atomic mass is 16.5. The van der Waals surface area contributed by atoms with Crippen molar-refractivity contribution >= 4 is 5.91 Å². The van der Waals surface area contributed by atoms with Crippen LogP contribution < -0.4 is 11.1 Å². The Morgan fingerprint density at radius 3 is 3.00 bits per heavy atom. The van der Waals surface area contributed by atoms with E-state index < -0.39 is 5.54 Å². The zero-order valence-electron chi connectivity index (χ0n) is 12.2. The third kappa shape index (κ3) is 6.36. The van der Waals surface area contributed by atoms with E-state index in [1.54, 1.807) is 6.92 Å². The summed E-state index contributed by atoms with van der Waals surface area (Å²) in [5, 5.41) is 2.86. The third-order valence-electron chi connectivity index (χ3n) is 3.37. The van der Waals surface area contributed by atoms with E-state index >= 15 is 0 Å².